The van der Waals surface area contributed by atoms with Crippen LogP contribution in [0.15, 0.2) is 24.3 Å². The van der Waals surface area contributed by atoms with E-state index in [1.54, 1.807) is 0 Å². The van der Waals surface area contributed by atoms with Crippen molar-refractivity contribution in [3.63, 3.8) is 0 Å². The van der Waals surface area contributed by atoms with E-state index < -0.39 is 13.0 Å². The Hall–Kier alpha value is -1.07. The second-order valence-electron chi connectivity index (χ2n) is 4.84. The van der Waals surface area contributed by atoms with Gasteiger partial charge in [0.05, 0.1) is 6.61 Å². The summed E-state index contributed by atoms with van der Waals surface area (Å²) in [7, 11) is 0. The molecule has 1 N–H and O–H groups in total. The van der Waals surface area contributed by atoms with E-state index in [-0.39, 0.29) is 5.82 Å². The van der Waals surface area contributed by atoms with Gasteiger partial charge in [0, 0.05) is 12.6 Å². The first kappa shape index (κ1) is 14.3. The van der Waals surface area contributed by atoms with Crippen molar-refractivity contribution < 1.29 is 17.9 Å². The van der Waals surface area contributed by atoms with Crippen LogP contribution in [0.2, 0.25) is 0 Å². The quantitative estimate of drug-likeness (QED) is 0.771. The van der Waals surface area contributed by atoms with Gasteiger partial charge >= 0.3 is 0 Å². The molecular weight excluding hydrogens is 255 g/mol. The number of hydrogen-bond donors (Lipinski definition) is 1. The summed E-state index contributed by atoms with van der Waals surface area (Å²) in [5.41, 5.74) is 1.16. The van der Waals surface area contributed by atoms with Gasteiger partial charge in [-0.25, -0.2) is 13.2 Å². The highest BCUT2D eigenvalue weighted by Gasteiger charge is 2.29. The van der Waals surface area contributed by atoms with Crippen LogP contribution in [-0.4, -0.2) is 32.2 Å². The van der Waals surface area contributed by atoms with Crippen molar-refractivity contribution in [3.05, 3.63) is 35.6 Å². The molecule has 2 rings (SSSR count). The van der Waals surface area contributed by atoms with Crippen molar-refractivity contribution in [3.8, 4) is 0 Å². The highest BCUT2D eigenvalue weighted by Crippen LogP contribution is 2.36. The van der Waals surface area contributed by atoms with Gasteiger partial charge in [0.2, 0.25) is 0 Å². The van der Waals surface area contributed by atoms with Crippen LogP contribution in [0.25, 0.3) is 0 Å². The minimum absolute atomic E-state index is 0.214. The molecule has 0 saturated heterocycles. The fourth-order valence-corrected chi connectivity index (χ4v) is 2.30. The van der Waals surface area contributed by atoms with Crippen LogP contribution >= 0.6 is 0 Å². The summed E-state index contributed by atoms with van der Waals surface area (Å²) in [5.74, 6) is 0.258. The third-order valence-corrected chi connectivity index (χ3v) is 3.40. The Labute approximate surface area is 111 Å². The van der Waals surface area contributed by atoms with Crippen LogP contribution in [0.5, 0.6) is 0 Å². The van der Waals surface area contributed by atoms with E-state index in [0.29, 0.717) is 25.1 Å². The predicted octanol–water partition coefficient (Wildman–Crippen LogP) is 2.94. The van der Waals surface area contributed by atoms with E-state index in [9.17, 15) is 13.2 Å². The van der Waals surface area contributed by atoms with Crippen molar-refractivity contribution in [2.75, 3.05) is 19.8 Å². The lowest BCUT2D eigenvalue weighted by atomic mass is 9.76. The molecule has 0 atom stereocenters. The highest BCUT2D eigenvalue weighted by atomic mass is 19.3. The molecule has 0 amide bonds. The van der Waals surface area contributed by atoms with Crippen molar-refractivity contribution in [1.82, 2.24) is 5.32 Å². The molecule has 0 unspecified atom stereocenters. The van der Waals surface area contributed by atoms with Crippen molar-refractivity contribution in [2.24, 2.45) is 0 Å². The lowest BCUT2D eigenvalue weighted by molar-refractivity contribution is 0.0174. The zero-order chi connectivity index (χ0) is 13.7. The Kier molecular flexibility index (Phi) is 5.22. The summed E-state index contributed by atoms with van der Waals surface area (Å²) in [6.07, 6.45) is -0.396. The number of alkyl halides is 2. The molecule has 0 radical (unpaired) electrons. The van der Waals surface area contributed by atoms with Gasteiger partial charge in [-0.3, -0.25) is 0 Å². The molecule has 2 nitrogen and oxygen atoms in total. The third-order valence-electron chi connectivity index (χ3n) is 3.40. The van der Waals surface area contributed by atoms with Gasteiger partial charge in [-0.2, -0.15) is 0 Å². The molecule has 0 heterocycles. The highest BCUT2D eigenvalue weighted by molar-refractivity contribution is 5.23. The summed E-state index contributed by atoms with van der Waals surface area (Å²) in [6, 6.07) is 7.01. The summed E-state index contributed by atoms with van der Waals surface area (Å²) in [4.78, 5) is 0. The lowest BCUT2D eigenvalue weighted by Crippen LogP contribution is -2.41. The average molecular weight is 273 g/mol. The Bertz CT molecular complexity index is 377. The number of rotatable bonds is 7. The molecule has 5 heteroatoms. The summed E-state index contributed by atoms with van der Waals surface area (Å²) >= 11 is 0. The molecule has 0 aliphatic heterocycles. The molecule has 1 fully saturated rings. The second-order valence-corrected chi connectivity index (χ2v) is 4.84. The number of nitrogens with one attached hydrogen (secondary N) is 1. The van der Waals surface area contributed by atoms with Crippen LogP contribution in [0, 0.1) is 5.82 Å². The van der Waals surface area contributed by atoms with E-state index in [4.69, 9.17) is 4.74 Å². The minimum atomic E-state index is -2.40. The van der Waals surface area contributed by atoms with Crippen LogP contribution in [0.3, 0.4) is 0 Å². The number of halogens is 3. The maximum absolute atomic E-state index is 12.8. The third kappa shape index (κ3) is 4.51. The molecule has 1 aromatic carbocycles. The van der Waals surface area contributed by atoms with Crippen molar-refractivity contribution in [1.29, 1.82) is 0 Å². The van der Waals surface area contributed by atoms with Crippen molar-refractivity contribution in [2.45, 2.75) is 31.2 Å². The van der Waals surface area contributed by atoms with Crippen LogP contribution < -0.4 is 5.32 Å². The largest absolute Gasteiger partial charge is 0.374 e. The molecule has 1 aliphatic carbocycles. The van der Waals surface area contributed by atoms with Gasteiger partial charge in [-0.05, 0) is 36.5 Å². The minimum Gasteiger partial charge on any atom is -0.374 e. The van der Waals surface area contributed by atoms with Gasteiger partial charge in [-0.15, -0.1) is 0 Å². The molecule has 1 saturated carbocycles. The Morgan fingerprint density at radius 1 is 1.21 bits per heavy atom. The van der Waals surface area contributed by atoms with E-state index in [0.717, 1.165) is 18.4 Å². The van der Waals surface area contributed by atoms with Crippen LogP contribution in [0.1, 0.15) is 24.3 Å². The van der Waals surface area contributed by atoms with E-state index in [1.807, 2.05) is 12.1 Å². The molecule has 1 aromatic rings. The van der Waals surface area contributed by atoms with Crippen LogP contribution in [0.4, 0.5) is 13.2 Å². The molecule has 0 bridgehead atoms. The lowest BCUT2D eigenvalue weighted by Gasteiger charge is -2.36. The molecule has 0 spiro atoms. The maximum atomic E-state index is 12.8. The first-order chi connectivity index (χ1) is 9.15. The molecule has 0 aromatic heterocycles. The molecule has 19 heavy (non-hydrogen) atoms. The van der Waals surface area contributed by atoms with E-state index in [1.165, 1.54) is 12.1 Å². The Morgan fingerprint density at radius 3 is 2.53 bits per heavy atom. The Morgan fingerprint density at radius 2 is 1.89 bits per heavy atom. The standard InChI is InChI=1S/C14H18F3NO/c15-12-3-1-10(2-4-12)11-7-13(8-11)18-5-6-19-9-14(16)17/h1-4,11,13-14,18H,5-9H2. The van der Waals surface area contributed by atoms with Gasteiger partial charge in [0.25, 0.3) is 6.43 Å². The van der Waals surface area contributed by atoms with Crippen LogP contribution in [-0.2, 0) is 4.74 Å². The summed E-state index contributed by atoms with van der Waals surface area (Å²) in [6.45, 7) is 0.403. The Balaban J connectivity index is 1.57. The first-order valence-corrected chi connectivity index (χ1v) is 6.50. The fraction of sp³-hybridized carbons (Fsp3) is 0.571. The molecule has 1 aliphatic rings. The monoisotopic (exact) mass is 273 g/mol. The summed E-state index contributed by atoms with van der Waals surface area (Å²) in [5, 5.41) is 3.26. The topological polar surface area (TPSA) is 21.3 Å². The summed E-state index contributed by atoms with van der Waals surface area (Å²) < 4.78 is 41.1. The number of ether oxygens (including phenoxy) is 1. The number of hydrogen-bond acceptors (Lipinski definition) is 2. The first-order valence-electron chi connectivity index (χ1n) is 6.50. The predicted molar refractivity (Wildman–Crippen MR) is 67.0 cm³/mol. The van der Waals surface area contributed by atoms with Crippen molar-refractivity contribution >= 4 is 0 Å². The van der Waals surface area contributed by atoms with Gasteiger partial charge in [0.15, 0.2) is 0 Å². The van der Waals surface area contributed by atoms with Gasteiger partial charge in [-0.1, -0.05) is 12.1 Å². The smallest absolute Gasteiger partial charge is 0.261 e. The normalized spacial score (nSPS) is 22.5. The van der Waals surface area contributed by atoms with Gasteiger partial charge in [0.1, 0.15) is 12.4 Å². The second kappa shape index (κ2) is 6.91. The fourth-order valence-electron chi connectivity index (χ4n) is 2.30. The van der Waals surface area contributed by atoms with Gasteiger partial charge < -0.3 is 10.1 Å². The average Bonchev–Trinajstić information content (AvgIpc) is 2.32. The molecular formula is C14H18F3NO. The zero-order valence-electron chi connectivity index (χ0n) is 10.6. The SMILES string of the molecule is Fc1ccc(C2CC(NCCOCC(F)F)C2)cc1. The number of benzene rings is 1. The maximum Gasteiger partial charge on any atom is 0.261 e. The van der Waals surface area contributed by atoms with E-state index >= 15 is 0 Å². The molecule has 106 valence electrons. The zero-order valence-corrected chi connectivity index (χ0v) is 10.6. The van der Waals surface area contributed by atoms with E-state index in [2.05, 4.69) is 5.32 Å².